The number of nitrogen functional groups attached to an aromatic ring is 1. The van der Waals surface area contributed by atoms with Crippen LogP contribution >= 0.6 is 0 Å². The number of aromatic nitrogens is 1. The molecule has 2 rings (SSSR count). The van der Waals surface area contributed by atoms with Crippen LogP contribution < -0.4 is 5.73 Å². The normalized spacial score (nSPS) is 14.0. The van der Waals surface area contributed by atoms with Gasteiger partial charge in [0.15, 0.2) is 0 Å². The van der Waals surface area contributed by atoms with E-state index in [0.717, 1.165) is 6.54 Å². The van der Waals surface area contributed by atoms with Crippen LogP contribution in [0.4, 0.5) is 5.69 Å². The third-order valence-corrected chi connectivity index (χ3v) is 3.08. The minimum absolute atomic E-state index is 0.0721. The van der Waals surface area contributed by atoms with Crippen LogP contribution in [0.25, 0.3) is 0 Å². The Kier molecular flexibility index (Phi) is 3.52. The second kappa shape index (κ2) is 5.09. The molecule has 4 nitrogen and oxygen atoms in total. The molecule has 0 unspecified atom stereocenters. The number of carbonyl (C=O) groups is 1. The topological polar surface area (TPSA) is 59.2 Å². The first kappa shape index (κ1) is 12.4. The molecule has 18 heavy (non-hydrogen) atoms. The number of hydrogen-bond donors (Lipinski definition) is 1. The molecule has 0 radical (unpaired) electrons. The van der Waals surface area contributed by atoms with Gasteiger partial charge in [-0.05, 0) is 31.7 Å². The number of terminal acetylenes is 1. The molecule has 0 atom stereocenters. The smallest absolute Gasteiger partial charge is 0.256 e. The van der Waals surface area contributed by atoms with Gasteiger partial charge in [-0.25, -0.2) is 0 Å². The predicted octanol–water partition coefficient (Wildman–Crippen LogP) is 1.46. The third kappa shape index (κ3) is 2.80. The lowest BCUT2D eigenvalue weighted by molar-refractivity contribution is 0.0768. The summed E-state index contributed by atoms with van der Waals surface area (Å²) >= 11 is 0. The molecule has 0 spiro atoms. The average Bonchev–Trinajstić information content (AvgIpc) is 3.15. The number of hydrogen-bond acceptors (Lipinski definition) is 3. The highest BCUT2D eigenvalue weighted by Crippen LogP contribution is 2.30. The Labute approximate surface area is 107 Å². The Morgan fingerprint density at radius 3 is 3.00 bits per heavy atom. The van der Waals surface area contributed by atoms with Crippen molar-refractivity contribution in [2.45, 2.75) is 19.8 Å². The highest BCUT2D eigenvalue weighted by atomic mass is 16.2. The van der Waals surface area contributed by atoms with Gasteiger partial charge in [0, 0.05) is 6.54 Å². The van der Waals surface area contributed by atoms with E-state index in [0.29, 0.717) is 29.4 Å². The van der Waals surface area contributed by atoms with Crippen LogP contribution in [-0.4, -0.2) is 28.9 Å². The van der Waals surface area contributed by atoms with E-state index >= 15 is 0 Å². The van der Waals surface area contributed by atoms with E-state index in [2.05, 4.69) is 10.9 Å². The van der Waals surface area contributed by atoms with Gasteiger partial charge in [0.1, 0.15) is 0 Å². The highest BCUT2D eigenvalue weighted by molar-refractivity contribution is 5.96. The van der Waals surface area contributed by atoms with Crippen molar-refractivity contribution in [3.05, 3.63) is 23.5 Å². The van der Waals surface area contributed by atoms with Crippen molar-refractivity contribution in [1.29, 1.82) is 0 Å². The quantitative estimate of drug-likeness (QED) is 0.814. The van der Waals surface area contributed by atoms with Crippen molar-refractivity contribution in [1.82, 2.24) is 9.88 Å². The molecule has 1 amide bonds. The van der Waals surface area contributed by atoms with Gasteiger partial charge in [-0.15, -0.1) is 6.42 Å². The fraction of sp³-hybridized carbons (Fsp3) is 0.429. The van der Waals surface area contributed by atoms with Gasteiger partial charge in [-0.2, -0.15) is 0 Å². The molecule has 2 N–H and O–H groups in total. The number of carbonyl (C=O) groups excluding carboxylic acids is 1. The van der Waals surface area contributed by atoms with Crippen LogP contribution in [0.3, 0.4) is 0 Å². The zero-order valence-electron chi connectivity index (χ0n) is 10.5. The maximum absolute atomic E-state index is 12.4. The lowest BCUT2D eigenvalue weighted by Gasteiger charge is -2.21. The van der Waals surface area contributed by atoms with E-state index in [1.807, 2.05) is 0 Å². The first-order valence-electron chi connectivity index (χ1n) is 6.06. The lowest BCUT2D eigenvalue weighted by atomic mass is 10.1. The van der Waals surface area contributed by atoms with Crippen LogP contribution in [0.15, 0.2) is 12.3 Å². The molecular formula is C14H17N3O. The van der Waals surface area contributed by atoms with E-state index in [4.69, 9.17) is 12.2 Å². The molecule has 1 aliphatic rings. The fourth-order valence-electron chi connectivity index (χ4n) is 1.88. The summed E-state index contributed by atoms with van der Waals surface area (Å²) in [4.78, 5) is 18.2. The van der Waals surface area contributed by atoms with Gasteiger partial charge in [0.25, 0.3) is 5.91 Å². The summed E-state index contributed by atoms with van der Waals surface area (Å²) < 4.78 is 0. The van der Waals surface area contributed by atoms with Crippen LogP contribution in [0.1, 0.15) is 28.9 Å². The molecule has 94 valence electrons. The largest absolute Gasteiger partial charge is 0.397 e. The van der Waals surface area contributed by atoms with Crippen molar-refractivity contribution in [3.63, 3.8) is 0 Å². The van der Waals surface area contributed by atoms with Crippen molar-refractivity contribution in [3.8, 4) is 12.3 Å². The number of anilines is 1. The molecule has 0 aliphatic heterocycles. The van der Waals surface area contributed by atoms with Crippen molar-refractivity contribution in [2.24, 2.45) is 5.92 Å². The minimum atomic E-state index is -0.0721. The molecule has 1 fully saturated rings. The van der Waals surface area contributed by atoms with E-state index in [1.54, 1.807) is 24.1 Å². The molecule has 0 bridgehead atoms. The number of aryl methyl sites for hydroxylation is 1. The number of nitrogens with two attached hydrogens (primary N) is 1. The molecule has 4 heteroatoms. The SMILES string of the molecule is C#CCN(CC1CC1)C(=O)c1cc(N)cnc1C. The zero-order valence-corrected chi connectivity index (χ0v) is 10.5. The summed E-state index contributed by atoms with van der Waals surface area (Å²) in [5.41, 5.74) is 7.41. The molecule has 1 aromatic heterocycles. The van der Waals surface area contributed by atoms with E-state index in [-0.39, 0.29) is 5.91 Å². The van der Waals surface area contributed by atoms with Crippen molar-refractivity contribution in [2.75, 3.05) is 18.8 Å². The van der Waals surface area contributed by atoms with Gasteiger partial charge in [-0.3, -0.25) is 9.78 Å². The molecule has 0 aromatic carbocycles. The van der Waals surface area contributed by atoms with Crippen LogP contribution in [-0.2, 0) is 0 Å². The number of amides is 1. The first-order valence-corrected chi connectivity index (χ1v) is 6.06. The van der Waals surface area contributed by atoms with Gasteiger partial charge in [-0.1, -0.05) is 5.92 Å². The van der Waals surface area contributed by atoms with Gasteiger partial charge < -0.3 is 10.6 Å². The summed E-state index contributed by atoms with van der Waals surface area (Å²) in [7, 11) is 0. The first-order chi connectivity index (χ1) is 8.61. The molecule has 0 saturated heterocycles. The van der Waals surface area contributed by atoms with Gasteiger partial charge >= 0.3 is 0 Å². The monoisotopic (exact) mass is 243 g/mol. The molecule has 1 aliphatic carbocycles. The molecule has 1 heterocycles. The third-order valence-electron chi connectivity index (χ3n) is 3.08. The van der Waals surface area contributed by atoms with Gasteiger partial charge in [0.05, 0.1) is 29.7 Å². The van der Waals surface area contributed by atoms with Crippen molar-refractivity contribution >= 4 is 11.6 Å². The Balaban J connectivity index is 2.20. The zero-order chi connectivity index (χ0) is 13.1. The van der Waals surface area contributed by atoms with E-state index in [1.165, 1.54) is 12.8 Å². The minimum Gasteiger partial charge on any atom is -0.397 e. The van der Waals surface area contributed by atoms with Gasteiger partial charge in [0.2, 0.25) is 0 Å². The lowest BCUT2D eigenvalue weighted by Crippen LogP contribution is -2.34. The summed E-state index contributed by atoms with van der Waals surface area (Å²) in [6.07, 6.45) is 9.25. The number of rotatable bonds is 4. The summed E-state index contributed by atoms with van der Waals surface area (Å²) in [5, 5.41) is 0. The fourth-order valence-corrected chi connectivity index (χ4v) is 1.88. The van der Waals surface area contributed by atoms with E-state index in [9.17, 15) is 4.79 Å². The highest BCUT2D eigenvalue weighted by Gasteiger charge is 2.27. The maximum Gasteiger partial charge on any atom is 0.256 e. The predicted molar refractivity (Wildman–Crippen MR) is 70.8 cm³/mol. The van der Waals surface area contributed by atoms with E-state index < -0.39 is 0 Å². The average molecular weight is 243 g/mol. The summed E-state index contributed by atoms with van der Waals surface area (Å²) in [6, 6.07) is 1.67. The van der Waals surface area contributed by atoms with Crippen molar-refractivity contribution < 1.29 is 4.79 Å². The number of pyridine rings is 1. The van der Waals surface area contributed by atoms with Crippen LogP contribution in [0.5, 0.6) is 0 Å². The Hall–Kier alpha value is -2.02. The maximum atomic E-state index is 12.4. The summed E-state index contributed by atoms with van der Waals surface area (Å²) in [6.45, 7) is 2.87. The van der Waals surface area contributed by atoms with Crippen LogP contribution in [0.2, 0.25) is 0 Å². The molecule has 1 saturated carbocycles. The molecule has 1 aromatic rings. The Morgan fingerprint density at radius 1 is 1.67 bits per heavy atom. The number of nitrogens with zero attached hydrogens (tertiary/aromatic N) is 2. The standard InChI is InChI=1S/C14H17N3O/c1-3-6-17(9-11-4-5-11)14(18)13-7-12(15)8-16-10(13)2/h1,7-8,11H,4-6,9,15H2,2H3. The second-order valence-electron chi connectivity index (χ2n) is 4.73. The van der Waals surface area contributed by atoms with Crippen LogP contribution in [0, 0.1) is 25.2 Å². The molecular weight excluding hydrogens is 226 g/mol. The second-order valence-corrected chi connectivity index (χ2v) is 4.73. The Bertz CT molecular complexity index is 500. The summed E-state index contributed by atoms with van der Waals surface area (Å²) in [5.74, 6) is 3.08. The Morgan fingerprint density at radius 2 is 2.39 bits per heavy atom.